The van der Waals surface area contributed by atoms with Crippen molar-refractivity contribution in [3.8, 4) is 0 Å². The molecule has 0 aromatic carbocycles. The van der Waals surface area contributed by atoms with Gasteiger partial charge in [0.05, 0.1) is 6.61 Å². The number of aliphatic hydroxyl groups is 3. The largest absolute Gasteiger partial charge is 0.394 e. The Labute approximate surface area is 112 Å². The second-order valence-corrected chi connectivity index (χ2v) is 6.19. The molecule has 9 heteroatoms. The summed E-state index contributed by atoms with van der Waals surface area (Å²) in [6.07, 6.45) is -6.33. The first-order valence-electron chi connectivity index (χ1n) is 4.84. The van der Waals surface area contributed by atoms with Crippen LogP contribution in [0.1, 0.15) is 0 Å². The normalized spacial score (nSPS) is 43.8. The first-order chi connectivity index (χ1) is 7.84. The molecule has 2 saturated heterocycles. The second-order valence-electron chi connectivity index (χ2n) is 3.82. The van der Waals surface area contributed by atoms with Crippen LogP contribution in [0.5, 0.6) is 0 Å². The van der Waals surface area contributed by atoms with Crippen molar-refractivity contribution in [3.63, 3.8) is 0 Å². The molecule has 100 valence electrons. The van der Waals surface area contributed by atoms with Gasteiger partial charge >= 0.3 is 0 Å². The van der Waals surface area contributed by atoms with Crippen LogP contribution in [0.3, 0.4) is 0 Å². The van der Waals surface area contributed by atoms with Crippen molar-refractivity contribution < 1.29 is 29.5 Å². The van der Waals surface area contributed by atoms with Crippen LogP contribution in [0.4, 0.5) is 0 Å². The topological polar surface area (TPSA) is 88.4 Å². The second kappa shape index (κ2) is 4.96. The first kappa shape index (κ1) is 14.0. The average molecular weight is 310 g/mol. The molecule has 2 aliphatic heterocycles. The van der Waals surface area contributed by atoms with E-state index in [-0.39, 0.29) is 0 Å². The van der Waals surface area contributed by atoms with Crippen LogP contribution in [0, 0.1) is 0 Å². The summed E-state index contributed by atoms with van der Waals surface area (Å²) in [6, 6.07) is 0. The Bertz CT molecular complexity index is 285. The fourth-order valence-corrected chi connectivity index (χ4v) is 2.10. The zero-order valence-electron chi connectivity index (χ0n) is 8.37. The van der Waals surface area contributed by atoms with E-state index in [0.29, 0.717) is 0 Å². The zero-order chi connectivity index (χ0) is 12.8. The zero-order valence-corrected chi connectivity index (χ0v) is 10.6. The Balaban J connectivity index is 2.01. The van der Waals surface area contributed by atoms with E-state index in [1.54, 1.807) is 0 Å². The molecule has 2 fully saturated rings. The minimum atomic E-state index is -1.79. The fraction of sp³-hybridized carbons (Fsp3) is 1.00. The van der Waals surface area contributed by atoms with E-state index in [1.807, 2.05) is 0 Å². The molecule has 6 atom stereocenters. The van der Waals surface area contributed by atoms with Gasteiger partial charge in [-0.25, -0.2) is 0 Å². The van der Waals surface area contributed by atoms with Gasteiger partial charge in [0, 0.05) is 0 Å². The van der Waals surface area contributed by atoms with Crippen LogP contribution in [0.25, 0.3) is 0 Å². The summed E-state index contributed by atoms with van der Waals surface area (Å²) in [6.45, 7) is -0.547. The molecule has 2 rings (SSSR count). The van der Waals surface area contributed by atoms with Crippen molar-refractivity contribution in [2.45, 2.75) is 40.8 Å². The maximum Gasteiger partial charge on any atom is 0.241 e. The average Bonchev–Trinajstić information content (AvgIpc) is 2.77. The number of halogens is 3. The van der Waals surface area contributed by atoms with Crippen molar-refractivity contribution in [3.05, 3.63) is 0 Å². The van der Waals surface area contributed by atoms with E-state index >= 15 is 0 Å². The molecule has 0 aromatic heterocycles. The standard InChI is InChI=1S/C8H11Cl3O6/c9-8(10,11)7-16-5-3(14)4(2(13)1-12)15-6(5)17-7/h2-7,12-14H,1H2/t2?,3-,4+,5+,6+,7+/m0/s1. The van der Waals surface area contributed by atoms with Gasteiger partial charge < -0.3 is 29.5 Å². The molecule has 17 heavy (non-hydrogen) atoms. The molecule has 3 N–H and O–H groups in total. The predicted octanol–water partition coefficient (Wildman–Crippen LogP) is -0.463. The quantitative estimate of drug-likeness (QED) is 0.598. The Hall–Kier alpha value is 0.630. The summed E-state index contributed by atoms with van der Waals surface area (Å²) >= 11 is 16.7. The van der Waals surface area contributed by atoms with Gasteiger partial charge in [0.1, 0.15) is 24.4 Å². The van der Waals surface area contributed by atoms with Gasteiger partial charge in [-0.15, -0.1) is 0 Å². The predicted molar refractivity (Wildman–Crippen MR) is 57.8 cm³/mol. The lowest BCUT2D eigenvalue weighted by Crippen LogP contribution is -2.42. The smallest absolute Gasteiger partial charge is 0.241 e. The van der Waals surface area contributed by atoms with Gasteiger partial charge in [0.25, 0.3) is 0 Å². The monoisotopic (exact) mass is 308 g/mol. The lowest BCUT2D eigenvalue weighted by molar-refractivity contribution is -0.188. The summed E-state index contributed by atoms with van der Waals surface area (Å²) in [7, 11) is 0. The Morgan fingerprint density at radius 1 is 1.18 bits per heavy atom. The number of aliphatic hydroxyl groups excluding tert-OH is 3. The lowest BCUT2D eigenvalue weighted by Gasteiger charge is -2.24. The number of hydrogen-bond acceptors (Lipinski definition) is 6. The van der Waals surface area contributed by atoms with Crippen molar-refractivity contribution in [1.82, 2.24) is 0 Å². The molecule has 0 amide bonds. The minimum Gasteiger partial charge on any atom is -0.394 e. The molecule has 6 nitrogen and oxygen atoms in total. The number of ether oxygens (including phenoxy) is 3. The minimum absolute atomic E-state index is 0.547. The van der Waals surface area contributed by atoms with Crippen molar-refractivity contribution >= 4 is 34.8 Å². The molecular weight excluding hydrogens is 298 g/mol. The number of hydrogen-bond donors (Lipinski definition) is 3. The Kier molecular flexibility index (Phi) is 4.10. The molecule has 1 unspecified atom stereocenters. The van der Waals surface area contributed by atoms with E-state index in [4.69, 9.17) is 54.1 Å². The van der Waals surface area contributed by atoms with Gasteiger partial charge in [-0.05, 0) is 0 Å². The van der Waals surface area contributed by atoms with Crippen molar-refractivity contribution in [2.24, 2.45) is 0 Å². The van der Waals surface area contributed by atoms with Gasteiger partial charge in [-0.3, -0.25) is 0 Å². The molecule has 2 heterocycles. The number of rotatable bonds is 2. The summed E-state index contributed by atoms with van der Waals surface area (Å²) in [5, 5.41) is 28.0. The highest BCUT2D eigenvalue weighted by atomic mass is 35.6. The third-order valence-electron chi connectivity index (χ3n) is 2.60. The highest BCUT2D eigenvalue weighted by Gasteiger charge is 2.57. The van der Waals surface area contributed by atoms with Gasteiger partial charge in [0.15, 0.2) is 6.29 Å². The third-order valence-corrected chi connectivity index (χ3v) is 3.14. The van der Waals surface area contributed by atoms with Gasteiger partial charge in [-0.1, -0.05) is 34.8 Å². The molecule has 2 aliphatic rings. The number of alkyl halides is 3. The summed E-state index contributed by atoms with van der Waals surface area (Å²) < 4.78 is 13.8. The third kappa shape index (κ3) is 2.65. The molecule has 0 aliphatic carbocycles. The Morgan fingerprint density at radius 3 is 2.29 bits per heavy atom. The maximum atomic E-state index is 9.81. The van der Waals surface area contributed by atoms with Crippen LogP contribution in [0.15, 0.2) is 0 Å². The van der Waals surface area contributed by atoms with E-state index in [1.165, 1.54) is 0 Å². The summed E-state index contributed by atoms with van der Waals surface area (Å²) in [5.74, 6) is 0. The van der Waals surface area contributed by atoms with Gasteiger partial charge in [0.2, 0.25) is 10.1 Å². The maximum absolute atomic E-state index is 9.81. The van der Waals surface area contributed by atoms with Crippen molar-refractivity contribution in [1.29, 1.82) is 0 Å². The van der Waals surface area contributed by atoms with E-state index in [9.17, 15) is 10.2 Å². The summed E-state index contributed by atoms with van der Waals surface area (Å²) in [4.78, 5) is 0. The molecule has 0 radical (unpaired) electrons. The van der Waals surface area contributed by atoms with Gasteiger partial charge in [-0.2, -0.15) is 0 Å². The Morgan fingerprint density at radius 2 is 1.82 bits per heavy atom. The van der Waals surface area contributed by atoms with Crippen LogP contribution in [-0.4, -0.2) is 62.7 Å². The molecule has 0 spiro atoms. The SMILES string of the molecule is OCC(O)[C@H]1O[C@@H]2O[C@H](C(Cl)(Cl)Cl)O[C@@H]2[C@H]1O. The summed E-state index contributed by atoms with van der Waals surface area (Å²) in [5.41, 5.74) is 0. The molecule has 0 bridgehead atoms. The molecular formula is C8H11Cl3O6. The highest BCUT2D eigenvalue weighted by molar-refractivity contribution is 6.67. The van der Waals surface area contributed by atoms with E-state index in [2.05, 4.69) is 0 Å². The van der Waals surface area contributed by atoms with Crippen LogP contribution in [-0.2, 0) is 14.2 Å². The molecule has 0 saturated carbocycles. The van der Waals surface area contributed by atoms with E-state index in [0.717, 1.165) is 0 Å². The first-order valence-corrected chi connectivity index (χ1v) is 5.98. The van der Waals surface area contributed by atoms with E-state index < -0.39 is 47.4 Å². The number of fused-ring (bicyclic) bond motifs is 1. The van der Waals surface area contributed by atoms with Crippen molar-refractivity contribution in [2.75, 3.05) is 6.61 Å². The van der Waals surface area contributed by atoms with Crippen LogP contribution < -0.4 is 0 Å². The molecule has 0 aromatic rings. The van der Waals surface area contributed by atoms with Crippen LogP contribution >= 0.6 is 34.8 Å². The lowest BCUT2D eigenvalue weighted by atomic mass is 10.1. The highest BCUT2D eigenvalue weighted by Crippen LogP contribution is 2.42. The fourth-order valence-electron chi connectivity index (χ4n) is 1.79. The van der Waals surface area contributed by atoms with Crippen LogP contribution in [0.2, 0.25) is 0 Å².